The number of hydrogen-bond acceptors (Lipinski definition) is 8. The summed E-state index contributed by atoms with van der Waals surface area (Å²) in [7, 11) is 1.63. The van der Waals surface area contributed by atoms with Gasteiger partial charge in [0.1, 0.15) is 17.9 Å². The molecule has 0 radical (unpaired) electrons. The third-order valence-electron chi connectivity index (χ3n) is 3.74. The molecule has 8 heteroatoms. The maximum atomic E-state index is 11.3. The normalized spacial score (nSPS) is 12.4. The van der Waals surface area contributed by atoms with Gasteiger partial charge in [-0.1, -0.05) is 5.16 Å². The summed E-state index contributed by atoms with van der Waals surface area (Å²) >= 11 is 0. The minimum absolute atomic E-state index is 0.0582. The molecule has 0 saturated carbocycles. The van der Waals surface area contributed by atoms with Crippen molar-refractivity contribution in [3.8, 4) is 5.75 Å². The van der Waals surface area contributed by atoms with E-state index in [0.29, 0.717) is 49.2 Å². The smallest absolute Gasteiger partial charge is 0.336 e. The Labute approximate surface area is 150 Å². The Hall–Kier alpha value is -2.71. The van der Waals surface area contributed by atoms with Gasteiger partial charge in [0.15, 0.2) is 5.82 Å². The fourth-order valence-corrected chi connectivity index (χ4v) is 2.33. The van der Waals surface area contributed by atoms with E-state index in [1.807, 2.05) is 19.1 Å². The van der Waals surface area contributed by atoms with Crippen LogP contribution < -0.4 is 15.7 Å². The molecule has 0 spiro atoms. The van der Waals surface area contributed by atoms with E-state index in [2.05, 4.69) is 15.5 Å². The average molecular weight is 359 g/mol. The number of ether oxygens (including phenoxy) is 2. The van der Waals surface area contributed by atoms with Gasteiger partial charge in [-0.25, -0.2) is 4.79 Å². The number of benzene rings is 1. The third kappa shape index (κ3) is 4.90. The van der Waals surface area contributed by atoms with Gasteiger partial charge in [0.2, 0.25) is 5.89 Å². The molecule has 3 rings (SSSR count). The zero-order valence-corrected chi connectivity index (χ0v) is 14.7. The quantitative estimate of drug-likeness (QED) is 0.579. The Morgan fingerprint density at radius 1 is 1.27 bits per heavy atom. The first kappa shape index (κ1) is 18.1. The van der Waals surface area contributed by atoms with Crippen molar-refractivity contribution in [1.29, 1.82) is 0 Å². The first-order valence-corrected chi connectivity index (χ1v) is 8.34. The van der Waals surface area contributed by atoms with E-state index in [1.165, 1.54) is 6.07 Å². The molecule has 0 bridgehead atoms. The van der Waals surface area contributed by atoms with Crippen LogP contribution in [0.3, 0.4) is 0 Å². The van der Waals surface area contributed by atoms with Gasteiger partial charge in [-0.15, -0.1) is 0 Å². The van der Waals surface area contributed by atoms with Crippen LogP contribution in [0.25, 0.3) is 11.0 Å². The first-order valence-electron chi connectivity index (χ1n) is 8.34. The summed E-state index contributed by atoms with van der Waals surface area (Å²) in [6.45, 7) is 3.44. The van der Waals surface area contributed by atoms with Crippen molar-refractivity contribution in [1.82, 2.24) is 15.5 Å². The van der Waals surface area contributed by atoms with Gasteiger partial charge in [-0.3, -0.25) is 0 Å². The minimum Gasteiger partial charge on any atom is -0.492 e. The average Bonchev–Trinajstić information content (AvgIpc) is 3.10. The van der Waals surface area contributed by atoms with E-state index in [1.54, 1.807) is 19.2 Å². The van der Waals surface area contributed by atoms with Crippen LogP contribution in [0.15, 0.2) is 44.1 Å². The first-order chi connectivity index (χ1) is 12.6. The molecule has 26 heavy (non-hydrogen) atoms. The fourth-order valence-electron chi connectivity index (χ4n) is 2.33. The van der Waals surface area contributed by atoms with E-state index in [-0.39, 0.29) is 11.7 Å². The Bertz CT molecular complexity index is 905. The lowest BCUT2D eigenvalue weighted by Gasteiger charge is -2.14. The molecule has 3 aromatic rings. The van der Waals surface area contributed by atoms with Crippen molar-refractivity contribution in [3.05, 3.63) is 52.5 Å². The number of fused-ring (bicyclic) bond motifs is 1. The van der Waals surface area contributed by atoms with Gasteiger partial charge in [0, 0.05) is 37.1 Å². The number of hydrogen-bond donors (Lipinski definition) is 1. The summed E-state index contributed by atoms with van der Waals surface area (Å²) in [5, 5.41) is 8.00. The van der Waals surface area contributed by atoms with Gasteiger partial charge in [-0.2, -0.15) is 4.98 Å². The van der Waals surface area contributed by atoms with Crippen LogP contribution in [0.5, 0.6) is 5.75 Å². The van der Waals surface area contributed by atoms with E-state index in [0.717, 1.165) is 5.39 Å². The van der Waals surface area contributed by atoms with Crippen LogP contribution in [0, 0.1) is 0 Å². The van der Waals surface area contributed by atoms with Crippen molar-refractivity contribution in [2.24, 2.45) is 0 Å². The lowest BCUT2D eigenvalue weighted by atomic mass is 10.2. The molecule has 1 N–H and O–H groups in total. The number of aromatic nitrogens is 2. The van der Waals surface area contributed by atoms with Crippen molar-refractivity contribution in [3.63, 3.8) is 0 Å². The van der Waals surface area contributed by atoms with Crippen molar-refractivity contribution < 1.29 is 18.4 Å². The van der Waals surface area contributed by atoms with Crippen molar-refractivity contribution >= 4 is 11.0 Å². The zero-order valence-electron chi connectivity index (χ0n) is 14.7. The molecule has 0 fully saturated rings. The van der Waals surface area contributed by atoms with Crippen LogP contribution in [-0.2, 0) is 17.7 Å². The number of rotatable bonds is 9. The minimum atomic E-state index is -0.380. The van der Waals surface area contributed by atoms with Gasteiger partial charge >= 0.3 is 5.63 Å². The van der Waals surface area contributed by atoms with Crippen LogP contribution in [0.4, 0.5) is 0 Å². The number of nitrogens with one attached hydrogen (secondary N) is 1. The van der Waals surface area contributed by atoms with Crippen LogP contribution in [-0.4, -0.2) is 36.5 Å². The summed E-state index contributed by atoms with van der Waals surface area (Å²) in [5.74, 6) is 1.79. The molecule has 2 aromatic heterocycles. The second-order valence-corrected chi connectivity index (χ2v) is 5.89. The van der Waals surface area contributed by atoms with E-state index >= 15 is 0 Å². The third-order valence-corrected chi connectivity index (χ3v) is 3.74. The SMILES string of the molecule is COCCc1noc(CNC(C)COc2ccc3ccc(=O)oc3c2)n1. The molecule has 0 aliphatic rings. The van der Waals surface area contributed by atoms with E-state index in [9.17, 15) is 4.79 Å². The van der Waals surface area contributed by atoms with Crippen LogP contribution in [0.2, 0.25) is 0 Å². The molecule has 0 amide bonds. The monoisotopic (exact) mass is 359 g/mol. The van der Waals surface area contributed by atoms with Gasteiger partial charge in [0.25, 0.3) is 0 Å². The van der Waals surface area contributed by atoms with E-state index in [4.69, 9.17) is 18.4 Å². The summed E-state index contributed by atoms with van der Waals surface area (Å²) in [5.41, 5.74) is 0.124. The van der Waals surface area contributed by atoms with Gasteiger partial charge in [0.05, 0.1) is 13.2 Å². The second-order valence-electron chi connectivity index (χ2n) is 5.89. The highest BCUT2D eigenvalue weighted by Crippen LogP contribution is 2.19. The predicted octanol–water partition coefficient (Wildman–Crippen LogP) is 1.92. The maximum Gasteiger partial charge on any atom is 0.336 e. The molecular weight excluding hydrogens is 338 g/mol. The Morgan fingerprint density at radius 3 is 2.96 bits per heavy atom. The standard InChI is InChI=1S/C18H21N3O5/c1-12(19-10-17-20-16(21-26-17)7-8-23-2)11-24-14-5-3-13-4-6-18(22)25-15(13)9-14/h3-6,9,12,19H,7-8,10-11H2,1-2H3. The largest absolute Gasteiger partial charge is 0.492 e. The lowest BCUT2D eigenvalue weighted by molar-refractivity contribution is 0.199. The Kier molecular flexibility index (Phi) is 5.98. The topological polar surface area (TPSA) is 99.6 Å². The van der Waals surface area contributed by atoms with Crippen molar-refractivity contribution in [2.75, 3.05) is 20.3 Å². The molecule has 138 valence electrons. The summed E-state index contributed by atoms with van der Waals surface area (Å²) in [6, 6.07) is 8.58. The Balaban J connectivity index is 1.48. The van der Waals surface area contributed by atoms with Crippen LogP contribution in [0.1, 0.15) is 18.6 Å². The molecular formula is C18H21N3O5. The molecule has 0 aliphatic heterocycles. The number of methoxy groups -OCH3 is 1. The lowest BCUT2D eigenvalue weighted by Crippen LogP contribution is -2.31. The molecule has 1 atom stereocenters. The number of nitrogens with zero attached hydrogens (tertiary/aromatic N) is 2. The molecule has 0 saturated heterocycles. The summed E-state index contributed by atoms with van der Waals surface area (Å²) < 4.78 is 21.1. The van der Waals surface area contributed by atoms with Gasteiger partial charge < -0.3 is 23.7 Å². The fraction of sp³-hybridized carbons (Fsp3) is 0.389. The maximum absolute atomic E-state index is 11.3. The molecule has 8 nitrogen and oxygen atoms in total. The summed E-state index contributed by atoms with van der Waals surface area (Å²) in [6.07, 6.45) is 0.622. The van der Waals surface area contributed by atoms with Crippen molar-refractivity contribution in [2.45, 2.75) is 25.9 Å². The molecule has 0 aliphatic carbocycles. The van der Waals surface area contributed by atoms with Gasteiger partial charge in [-0.05, 0) is 25.1 Å². The zero-order chi connectivity index (χ0) is 18.4. The van der Waals surface area contributed by atoms with Crippen LogP contribution >= 0.6 is 0 Å². The summed E-state index contributed by atoms with van der Waals surface area (Å²) in [4.78, 5) is 15.6. The second kappa shape index (κ2) is 8.59. The molecule has 2 heterocycles. The predicted molar refractivity (Wildman–Crippen MR) is 94.2 cm³/mol. The highest BCUT2D eigenvalue weighted by atomic mass is 16.5. The molecule has 1 unspecified atom stereocenters. The molecule has 1 aromatic carbocycles. The highest BCUT2D eigenvalue weighted by Gasteiger charge is 2.09. The Morgan fingerprint density at radius 2 is 2.12 bits per heavy atom. The van der Waals surface area contributed by atoms with E-state index < -0.39 is 0 Å². The highest BCUT2D eigenvalue weighted by molar-refractivity contribution is 5.77.